The molecule has 0 saturated carbocycles. The van der Waals surface area contributed by atoms with Crippen molar-refractivity contribution < 1.29 is 9.50 Å². The van der Waals surface area contributed by atoms with E-state index < -0.39 is 5.60 Å². The number of aromatic nitrogens is 2. The number of hydrogen-bond acceptors (Lipinski definition) is 4. The van der Waals surface area contributed by atoms with Gasteiger partial charge in [-0.1, -0.05) is 6.92 Å². The lowest BCUT2D eigenvalue weighted by atomic mass is 9.98. The van der Waals surface area contributed by atoms with Crippen LogP contribution in [0.3, 0.4) is 0 Å². The van der Waals surface area contributed by atoms with E-state index in [0.29, 0.717) is 30.9 Å². The third kappa shape index (κ3) is 2.77. The molecule has 18 heavy (non-hydrogen) atoms. The van der Waals surface area contributed by atoms with Crippen LogP contribution >= 0.6 is 0 Å². The summed E-state index contributed by atoms with van der Waals surface area (Å²) in [7, 11) is 0. The van der Waals surface area contributed by atoms with Gasteiger partial charge in [-0.15, -0.1) is 0 Å². The highest BCUT2D eigenvalue weighted by atomic mass is 19.1. The van der Waals surface area contributed by atoms with Crippen LogP contribution < -0.4 is 4.90 Å². The summed E-state index contributed by atoms with van der Waals surface area (Å²) in [5, 5.41) is 10.0. The zero-order valence-corrected chi connectivity index (χ0v) is 11.0. The maximum atomic E-state index is 14.2. The molecule has 2 heterocycles. The van der Waals surface area contributed by atoms with Gasteiger partial charge in [0.1, 0.15) is 6.33 Å². The zero-order chi connectivity index (χ0) is 13.2. The van der Waals surface area contributed by atoms with Gasteiger partial charge in [0.05, 0.1) is 11.3 Å². The fraction of sp³-hybridized carbons (Fsp3) is 0.692. The Labute approximate surface area is 107 Å². The Bertz CT molecular complexity index is 423. The lowest BCUT2D eigenvalue weighted by molar-refractivity contribution is 0.0481. The number of anilines is 1. The highest BCUT2D eigenvalue weighted by molar-refractivity contribution is 5.41. The smallest absolute Gasteiger partial charge is 0.187 e. The summed E-state index contributed by atoms with van der Waals surface area (Å²) >= 11 is 0. The average molecular weight is 253 g/mol. The van der Waals surface area contributed by atoms with Crippen LogP contribution in [-0.2, 0) is 6.42 Å². The molecule has 2 rings (SSSR count). The fourth-order valence-corrected chi connectivity index (χ4v) is 2.34. The summed E-state index contributed by atoms with van der Waals surface area (Å²) < 4.78 is 14.2. The molecule has 0 bridgehead atoms. The van der Waals surface area contributed by atoms with Crippen LogP contribution in [0, 0.1) is 5.82 Å². The minimum absolute atomic E-state index is 0.318. The second kappa shape index (κ2) is 5.18. The molecule has 0 aromatic carbocycles. The summed E-state index contributed by atoms with van der Waals surface area (Å²) in [5.41, 5.74) is -0.192. The molecular weight excluding hydrogens is 233 g/mol. The molecule has 0 aliphatic carbocycles. The predicted octanol–water partition coefficient (Wildman–Crippen LogP) is 1.92. The maximum absolute atomic E-state index is 14.2. The molecule has 5 heteroatoms. The third-order valence-corrected chi connectivity index (χ3v) is 3.54. The topological polar surface area (TPSA) is 49.2 Å². The van der Waals surface area contributed by atoms with Crippen LogP contribution in [0.5, 0.6) is 0 Å². The van der Waals surface area contributed by atoms with E-state index in [2.05, 4.69) is 9.97 Å². The van der Waals surface area contributed by atoms with E-state index >= 15 is 0 Å². The van der Waals surface area contributed by atoms with E-state index in [9.17, 15) is 9.50 Å². The second-order valence-corrected chi connectivity index (χ2v) is 5.15. The Kier molecular flexibility index (Phi) is 3.80. The SMILES string of the molecule is CCc1ncnc(N2CCCC(C)(O)CC2)c1F. The maximum Gasteiger partial charge on any atom is 0.187 e. The van der Waals surface area contributed by atoms with Crippen LogP contribution in [0.25, 0.3) is 0 Å². The van der Waals surface area contributed by atoms with Crippen molar-refractivity contribution in [2.75, 3.05) is 18.0 Å². The fourth-order valence-electron chi connectivity index (χ4n) is 2.34. The van der Waals surface area contributed by atoms with Crippen molar-refractivity contribution in [1.82, 2.24) is 9.97 Å². The molecule has 4 nitrogen and oxygen atoms in total. The lowest BCUT2D eigenvalue weighted by Crippen LogP contribution is -2.29. The molecular formula is C13H20FN3O. The van der Waals surface area contributed by atoms with Gasteiger partial charge in [0, 0.05) is 13.1 Å². The molecule has 1 aromatic rings. The molecule has 1 aliphatic heterocycles. The second-order valence-electron chi connectivity index (χ2n) is 5.15. The first-order valence-corrected chi connectivity index (χ1v) is 6.50. The molecule has 1 fully saturated rings. The van der Waals surface area contributed by atoms with Gasteiger partial charge in [-0.3, -0.25) is 0 Å². The number of hydrogen-bond donors (Lipinski definition) is 1. The normalized spacial score (nSPS) is 25.0. The first-order valence-electron chi connectivity index (χ1n) is 6.50. The quantitative estimate of drug-likeness (QED) is 0.875. The van der Waals surface area contributed by atoms with Crippen LogP contribution in [0.4, 0.5) is 10.2 Å². The van der Waals surface area contributed by atoms with Gasteiger partial charge >= 0.3 is 0 Å². The molecule has 1 aromatic heterocycles. The van der Waals surface area contributed by atoms with Crippen molar-refractivity contribution in [2.24, 2.45) is 0 Å². The van der Waals surface area contributed by atoms with Crippen molar-refractivity contribution >= 4 is 5.82 Å². The van der Waals surface area contributed by atoms with Gasteiger partial charge in [0.15, 0.2) is 11.6 Å². The lowest BCUT2D eigenvalue weighted by Gasteiger charge is -2.23. The van der Waals surface area contributed by atoms with E-state index in [1.165, 1.54) is 6.33 Å². The molecule has 0 amide bonds. The van der Waals surface area contributed by atoms with Gasteiger partial charge in [-0.25, -0.2) is 14.4 Å². The van der Waals surface area contributed by atoms with Gasteiger partial charge in [-0.05, 0) is 32.6 Å². The van der Waals surface area contributed by atoms with Crippen molar-refractivity contribution in [1.29, 1.82) is 0 Å². The minimum Gasteiger partial charge on any atom is -0.390 e. The highest BCUT2D eigenvalue weighted by Crippen LogP contribution is 2.26. The number of aryl methyl sites for hydroxylation is 1. The summed E-state index contributed by atoms with van der Waals surface area (Å²) in [6.07, 6.45) is 4.21. The standard InChI is InChI=1S/C13H20FN3O/c1-3-10-11(14)12(16-9-15-10)17-7-4-5-13(2,18)6-8-17/h9,18H,3-8H2,1-2H3. The first-order chi connectivity index (χ1) is 8.53. The zero-order valence-electron chi connectivity index (χ0n) is 11.0. The molecule has 1 aliphatic rings. The van der Waals surface area contributed by atoms with Crippen molar-refractivity contribution in [3.63, 3.8) is 0 Å². The molecule has 1 unspecified atom stereocenters. The Balaban J connectivity index is 2.21. The number of nitrogens with zero attached hydrogens (tertiary/aromatic N) is 3. The Hall–Kier alpha value is -1.23. The average Bonchev–Trinajstić information content (AvgIpc) is 2.51. The Morgan fingerprint density at radius 3 is 2.89 bits per heavy atom. The molecule has 0 spiro atoms. The van der Waals surface area contributed by atoms with E-state index in [1.807, 2.05) is 18.7 Å². The van der Waals surface area contributed by atoms with E-state index in [4.69, 9.17) is 0 Å². The van der Waals surface area contributed by atoms with Gasteiger partial charge in [-0.2, -0.15) is 0 Å². The molecule has 0 radical (unpaired) electrons. The summed E-state index contributed by atoms with van der Waals surface area (Å²) in [6, 6.07) is 0. The van der Waals surface area contributed by atoms with E-state index in [0.717, 1.165) is 19.4 Å². The molecule has 1 atom stereocenters. The van der Waals surface area contributed by atoms with Crippen LogP contribution in [0.15, 0.2) is 6.33 Å². The van der Waals surface area contributed by atoms with Crippen molar-refractivity contribution in [2.45, 2.75) is 45.1 Å². The molecule has 1 N–H and O–H groups in total. The van der Waals surface area contributed by atoms with Gasteiger partial charge < -0.3 is 10.0 Å². The largest absolute Gasteiger partial charge is 0.390 e. The summed E-state index contributed by atoms with van der Waals surface area (Å²) in [6.45, 7) is 5.07. The molecule has 100 valence electrons. The summed E-state index contributed by atoms with van der Waals surface area (Å²) in [4.78, 5) is 9.91. The van der Waals surface area contributed by atoms with Gasteiger partial charge in [0.25, 0.3) is 0 Å². The molecule has 1 saturated heterocycles. The van der Waals surface area contributed by atoms with E-state index in [1.54, 1.807) is 0 Å². The number of rotatable bonds is 2. The van der Waals surface area contributed by atoms with Crippen LogP contribution in [0.2, 0.25) is 0 Å². The minimum atomic E-state index is -0.647. The third-order valence-electron chi connectivity index (χ3n) is 3.54. The predicted molar refractivity (Wildman–Crippen MR) is 68.1 cm³/mol. The van der Waals surface area contributed by atoms with Crippen LogP contribution in [-0.4, -0.2) is 33.8 Å². The van der Waals surface area contributed by atoms with Crippen molar-refractivity contribution in [3.8, 4) is 0 Å². The Morgan fingerprint density at radius 1 is 1.39 bits per heavy atom. The monoisotopic (exact) mass is 253 g/mol. The summed E-state index contributed by atoms with van der Waals surface area (Å²) in [5.74, 6) is 0.0566. The number of aliphatic hydroxyl groups is 1. The van der Waals surface area contributed by atoms with Crippen molar-refractivity contribution in [3.05, 3.63) is 17.8 Å². The van der Waals surface area contributed by atoms with Crippen LogP contribution in [0.1, 0.15) is 38.8 Å². The van der Waals surface area contributed by atoms with Gasteiger partial charge in [0.2, 0.25) is 0 Å². The number of halogens is 1. The Morgan fingerprint density at radius 2 is 2.17 bits per heavy atom. The first kappa shape index (κ1) is 13.2. The highest BCUT2D eigenvalue weighted by Gasteiger charge is 2.27. The van der Waals surface area contributed by atoms with E-state index in [-0.39, 0.29) is 5.82 Å².